The molecule has 1 saturated heterocycles. The van der Waals surface area contributed by atoms with E-state index in [1.807, 2.05) is 19.9 Å². The van der Waals surface area contributed by atoms with Crippen molar-refractivity contribution in [3.05, 3.63) is 52.3 Å². The third-order valence-electron chi connectivity index (χ3n) is 5.62. The summed E-state index contributed by atoms with van der Waals surface area (Å²) in [6, 6.07) is 7.19. The number of aromatic nitrogens is 4. The zero-order chi connectivity index (χ0) is 22.0. The molecule has 0 bridgehead atoms. The maximum Gasteiger partial charge on any atom is 0.261 e. The third-order valence-corrected chi connectivity index (χ3v) is 5.62. The zero-order valence-corrected chi connectivity index (χ0v) is 18.1. The molecular formula is C22H27N7O2. The molecule has 9 nitrogen and oxygen atoms in total. The lowest BCUT2D eigenvalue weighted by Gasteiger charge is -2.32. The van der Waals surface area contributed by atoms with Crippen LogP contribution in [-0.2, 0) is 11.3 Å². The highest BCUT2D eigenvalue weighted by molar-refractivity contribution is 5.91. The van der Waals surface area contributed by atoms with Crippen LogP contribution in [0.3, 0.4) is 0 Å². The number of aryl methyl sites for hydroxylation is 3. The Morgan fingerprint density at radius 3 is 2.45 bits per heavy atom. The Bertz CT molecular complexity index is 1140. The van der Waals surface area contributed by atoms with Gasteiger partial charge in [-0.1, -0.05) is 12.1 Å². The summed E-state index contributed by atoms with van der Waals surface area (Å²) in [6.07, 6.45) is 1.64. The summed E-state index contributed by atoms with van der Waals surface area (Å²) in [5.74, 6) is 0.511. The SMILES string of the molecule is Cc1nc(N2CCN(C)CC2)nc(C)c1NC(=O)CCn1cnc2ccccc2c1=O. The maximum atomic E-state index is 12.6. The molecule has 31 heavy (non-hydrogen) atoms. The van der Waals surface area contributed by atoms with Crippen molar-refractivity contribution in [2.45, 2.75) is 26.8 Å². The minimum atomic E-state index is -0.192. The van der Waals surface area contributed by atoms with E-state index >= 15 is 0 Å². The van der Waals surface area contributed by atoms with Crippen molar-refractivity contribution in [3.8, 4) is 0 Å². The standard InChI is InChI=1S/C22H27N7O2/c1-15-20(16(2)25-22(24-15)28-12-10-27(3)11-13-28)26-19(30)8-9-29-14-23-18-7-5-4-6-17(18)21(29)31/h4-7,14H,8-13H2,1-3H3,(H,26,30). The minimum Gasteiger partial charge on any atom is -0.338 e. The molecule has 2 aromatic heterocycles. The van der Waals surface area contributed by atoms with Crippen LogP contribution in [0, 0.1) is 13.8 Å². The van der Waals surface area contributed by atoms with Crippen LogP contribution in [0.25, 0.3) is 10.9 Å². The number of fused-ring (bicyclic) bond motifs is 1. The quantitative estimate of drug-likeness (QED) is 0.668. The minimum absolute atomic E-state index is 0.148. The molecule has 1 aromatic carbocycles. The molecule has 3 heterocycles. The summed E-state index contributed by atoms with van der Waals surface area (Å²) in [6.45, 7) is 7.72. The average molecular weight is 422 g/mol. The van der Waals surface area contributed by atoms with Gasteiger partial charge in [-0.2, -0.15) is 0 Å². The fourth-order valence-corrected chi connectivity index (χ4v) is 3.72. The maximum absolute atomic E-state index is 12.6. The molecule has 1 aliphatic heterocycles. The van der Waals surface area contributed by atoms with Crippen molar-refractivity contribution in [1.29, 1.82) is 0 Å². The Morgan fingerprint density at radius 1 is 1.06 bits per heavy atom. The molecule has 0 spiro atoms. The van der Waals surface area contributed by atoms with E-state index in [-0.39, 0.29) is 24.4 Å². The van der Waals surface area contributed by atoms with Crippen LogP contribution < -0.4 is 15.8 Å². The number of nitrogens with one attached hydrogen (secondary N) is 1. The molecule has 1 N–H and O–H groups in total. The number of rotatable bonds is 5. The second-order valence-electron chi connectivity index (χ2n) is 7.92. The molecule has 0 saturated carbocycles. The number of nitrogens with zero attached hydrogens (tertiary/aromatic N) is 6. The smallest absolute Gasteiger partial charge is 0.261 e. The second kappa shape index (κ2) is 8.81. The lowest BCUT2D eigenvalue weighted by molar-refractivity contribution is -0.116. The number of hydrogen-bond donors (Lipinski definition) is 1. The normalized spacial score (nSPS) is 14.7. The van der Waals surface area contributed by atoms with E-state index in [1.54, 1.807) is 18.2 Å². The summed E-state index contributed by atoms with van der Waals surface area (Å²) >= 11 is 0. The van der Waals surface area contributed by atoms with E-state index in [0.717, 1.165) is 37.6 Å². The highest BCUT2D eigenvalue weighted by Gasteiger charge is 2.19. The predicted molar refractivity (Wildman–Crippen MR) is 120 cm³/mol. The number of carbonyl (C=O) groups excluding carboxylic acids is 1. The van der Waals surface area contributed by atoms with Gasteiger partial charge in [-0.3, -0.25) is 14.2 Å². The first-order valence-corrected chi connectivity index (χ1v) is 10.4. The van der Waals surface area contributed by atoms with E-state index in [0.29, 0.717) is 22.5 Å². The Labute approximate surface area is 180 Å². The van der Waals surface area contributed by atoms with E-state index in [1.165, 1.54) is 10.9 Å². The largest absolute Gasteiger partial charge is 0.338 e. The highest BCUT2D eigenvalue weighted by atomic mass is 16.2. The number of anilines is 2. The number of benzene rings is 1. The second-order valence-corrected chi connectivity index (χ2v) is 7.92. The van der Waals surface area contributed by atoms with Crippen molar-refractivity contribution < 1.29 is 4.79 Å². The van der Waals surface area contributed by atoms with Gasteiger partial charge in [-0.15, -0.1) is 0 Å². The van der Waals surface area contributed by atoms with Crippen molar-refractivity contribution in [1.82, 2.24) is 24.4 Å². The van der Waals surface area contributed by atoms with Crippen LogP contribution in [0.4, 0.5) is 11.6 Å². The van der Waals surface area contributed by atoms with Gasteiger partial charge in [0.05, 0.1) is 34.3 Å². The molecule has 162 valence electrons. The van der Waals surface area contributed by atoms with Crippen LogP contribution in [0.2, 0.25) is 0 Å². The van der Waals surface area contributed by atoms with Crippen LogP contribution in [0.15, 0.2) is 35.4 Å². The lowest BCUT2D eigenvalue weighted by Crippen LogP contribution is -2.45. The fraction of sp³-hybridized carbons (Fsp3) is 0.409. The van der Waals surface area contributed by atoms with Crippen molar-refractivity contribution in [3.63, 3.8) is 0 Å². The van der Waals surface area contributed by atoms with Gasteiger partial charge >= 0.3 is 0 Å². The number of hydrogen-bond acceptors (Lipinski definition) is 7. The van der Waals surface area contributed by atoms with E-state index in [9.17, 15) is 9.59 Å². The molecule has 0 atom stereocenters. The summed E-state index contributed by atoms with van der Waals surface area (Å²) in [5, 5.41) is 3.46. The first kappa shape index (κ1) is 20.9. The molecule has 1 amide bonds. The van der Waals surface area contributed by atoms with Gasteiger partial charge in [-0.25, -0.2) is 15.0 Å². The molecule has 0 unspecified atom stereocenters. The predicted octanol–water partition coefficient (Wildman–Crippen LogP) is 1.58. The molecule has 0 aliphatic carbocycles. The molecule has 1 aliphatic rings. The molecule has 0 radical (unpaired) electrons. The number of piperazine rings is 1. The van der Waals surface area contributed by atoms with E-state index < -0.39 is 0 Å². The lowest BCUT2D eigenvalue weighted by atomic mass is 10.2. The van der Waals surface area contributed by atoms with Crippen LogP contribution in [-0.4, -0.2) is 63.6 Å². The first-order valence-electron chi connectivity index (χ1n) is 10.4. The average Bonchev–Trinajstić information content (AvgIpc) is 2.76. The number of carbonyl (C=O) groups is 1. The first-order chi connectivity index (χ1) is 14.9. The summed E-state index contributed by atoms with van der Waals surface area (Å²) < 4.78 is 1.47. The number of para-hydroxylation sites is 1. The van der Waals surface area contributed by atoms with Gasteiger partial charge in [0.25, 0.3) is 5.56 Å². The molecular weight excluding hydrogens is 394 g/mol. The molecule has 1 fully saturated rings. The topological polar surface area (TPSA) is 96.2 Å². The van der Waals surface area contributed by atoms with Crippen molar-refractivity contribution in [2.75, 3.05) is 43.4 Å². The highest BCUT2D eigenvalue weighted by Crippen LogP contribution is 2.21. The zero-order valence-electron chi connectivity index (χ0n) is 18.1. The fourth-order valence-electron chi connectivity index (χ4n) is 3.72. The molecule has 3 aromatic rings. The number of amides is 1. The van der Waals surface area contributed by atoms with Gasteiger partial charge in [0.2, 0.25) is 11.9 Å². The Morgan fingerprint density at radius 2 is 1.74 bits per heavy atom. The van der Waals surface area contributed by atoms with Gasteiger partial charge in [0.1, 0.15) is 0 Å². The number of likely N-dealkylation sites (N-methyl/N-ethyl adjacent to an activating group) is 1. The van der Waals surface area contributed by atoms with Gasteiger partial charge in [0, 0.05) is 39.1 Å². The summed E-state index contributed by atoms with van der Waals surface area (Å²) in [7, 11) is 2.11. The van der Waals surface area contributed by atoms with Gasteiger partial charge in [0.15, 0.2) is 0 Å². The van der Waals surface area contributed by atoms with Crippen LogP contribution in [0.5, 0.6) is 0 Å². The Kier molecular flexibility index (Phi) is 5.94. The Balaban J connectivity index is 1.43. The Hall–Kier alpha value is -3.33. The molecule has 9 heteroatoms. The van der Waals surface area contributed by atoms with Crippen LogP contribution in [0.1, 0.15) is 17.8 Å². The summed E-state index contributed by atoms with van der Waals surface area (Å²) in [4.78, 5) is 43.1. The van der Waals surface area contributed by atoms with Gasteiger partial charge < -0.3 is 15.1 Å². The monoisotopic (exact) mass is 421 g/mol. The van der Waals surface area contributed by atoms with E-state index in [2.05, 4.69) is 37.1 Å². The van der Waals surface area contributed by atoms with Gasteiger partial charge in [-0.05, 0) is 33.0 Å². The van der Waals surface area contributed by atoms with E-state index in [4.69, 9.17) is 0 Å². The molecule has 4 rings (SSSR count). The van der Waals surface area contributed by atoms with Crippen LogP contribution >= 0.6 is 0 Å². The van der Waals surface area contributed by atoms with Crippen molar-refractivity contribution >= 4 is 28.4 Å². The summed E-state index contributed by atoms with van der Waals surface area (Å²) in [5.41, 5.74) is 2.60. The van der Waals surface area contributed by atoms with Crippen molar-refractivity contribution in [2.24, 2.45) is 0 Å². The third kappa shape index (κ3) is 4.56.